The highest BCUT2D eigenvalue weighted by Crippen LogP contribution is 2.37. The van der Waals surface area contributed by atoms with Crippen LogP contribution >= 0.6 is 0 Å². The molecule has 0 saturated heterocycles. The molecule has 0 atom stereocenters. The zero-order chi connectivity index (χ0) is 10.4. The van der Waals surface area contributed by atoms with Crippen LogP contribution in [-0.2, 0) is 4.79 Å². The molecule has 14 heavy (non-hydrogen) atoms. The molecule has 0 aromatic carbocycles. The van der Waals surface area contributed by atoms with Gasteiger partial charge in [0.1, 0.15) is 5.41 Å². The van der Waals surface area contributed by atoms with Gasteiger partial charge in [0.05, 0.1) is 6.07 Å². The van der Waals surface area contributed by atoms with Crippen molar-refractivity contribution in [3.05, 3.63) is 0 Å². The van der Waals surface area contributed by atoms with Crippen LogP contribution in [0.3, 0.4) is 0 Å². The molecule has 0 bridgehead atoms. The minimum Gasteiger partial charge on any atom is -0.354 e. The minimum absolute atomic E-state index is 0.146. The number of hydrogen-bond acceptors (Lipinski definition) is 2. The molecule has 1 amide bonds. The maximum Gasteiger partial charge on any atom is 0.240 e. The number of rotatable bonds is 3. The van der Waals surface area contributed by atoms with Crippen LogP contribution in [0.15, 0.2) is 0 Å². The number of hydrogen-bond donors (Lipinski definition) is 1. The Morgan fingerprint density at radius 1 is 1.50 bits per heavy atom. The van der Waals surface area contributed by atoms with Crippen molar-refractivity contribution in [2.24, 2.45) is 5.41 Å². The van der Waals surface area contributed by atoms with E-state index in [-0.39, 0.29) is 5.91 Å². The van der Waals surface area contributed by atoms with E-state index in [1.165, 1.54) is 0 Å². The minimum atomic E-state index is -0.769. The molecule has 1 aliphatic rings. The van der Waals surface area contributed by atoms with Crippen molar-refractivity contribution < 1.29 is 4.79 Å². The summed E-state index contributed by atoms with van der Waals surface area (Å²) in [4.78, 5) is 11.7. The van der Waals surface area contributed by atoms with E-state index in [1.807, 2.05) is 0 Å². The van der Waals surface area contributed by atoms with Crippen molar-refractivity contribution in [3.8, 4) is 18.4 Å². The van der Waals surface area contributed by atoms with Crippen LogP contribution in [-0.4, -0.2) is 12.5 Å². The average molecular weight is 190 g/mol. The summed E-state index contributed by atoms with van der Waals surface area (Å²) >= 11 is 0. The first-order valence-corrected chi connectivity index (χ1v) is 4.88. The van der Waals surface area contributed by atoms with Crippen LogP contribution in [0, 0.1) is 29.1 Å². The molecule has 0 heterocycles. The van der Waals surface area contributed by atoms with Gasteiger partial charge < -0.3 is 5.32 Å². The molecule has 3 heteroatoms. The van der Waals surface area contributed by atoms with E-state index >= 15 is 0 Å². The molecule has 0 unspecified atom stereocenters. The fourth-order valence-electron chi connectivity index (χ4n) is 1.79. The highest BCUT2D eigenvalue weighted by Gasteiger charge is 2.41. The topological polar surface area (TPSA) is 52.9 Å². The van der Waals surface area contributed by atoms with Crippen LogP contribution in [0.2, 0.25) is 0 Å². The molecule has 0 spiro atoms. The number of terminal acetylenes is 1. The first-order chi connectivity index (χ1) is 6.75. The second-order valence-corrected chi connectivity index (χ2v) is 3.61. The van der Waals surface area contributed by atoms with Crippen LogP contribution in [0.25, 0.3) is 0 Å². The lowest BCUT2D eigenvalue weighted by atomic mass is 9.87. The molecule has 1 aliphatic carbocycles. The number of nitrogens with zero attached hydrogens (tertiary/aromatic N) is 1. The zero-order valence-corrected chi connectivity index (χ0v) is 8.18. The Bertz CT molecular complexity index is 289. The van der Waals surface area contributed by atoms with Gasteiger partial charge >= 0.3 is 0 Å². The van der Waals surface area contributed by atoms with Crippen LogP contribution < -0.4 is 5.32 Å². The lowest BCUT2D eigenvalue weighted by molar-refractivity contribution is -0.127. The van der Waals surface area contributed by atoms with E-state index in [0.717, 1.165) is 12.8 Å². The first kappa shape index (κ1) is 10.6. The van der Waals surface area contributed by atoms with Crippen molar-refractivity contribution in [2.45, 2.75) is 32.1 Å². The number of nitriles is 1. The molecule has 1 N–H and O–H groups in total. The largest absolute Gasteiger partial charge is 0.354 e. The molecule has 1 rings (SSSR count). The van der Waals surface area contributed by atoms with Gasteiger partial charge in [0, 0.05) is 13.0 Å². The Balaban J connectivity index is 2.50. The van der Waals surface area contributed by atoms with Crippen molar-refractivity contribution in [3.63, 3.8) is 0 Å². The lowest BCUT2D eigenvalue weighted by Crippen LogP contribution is -2.38. The van der Waals surface area contributed by atoms with Crippen molar-refractivity contribution in [1.82, 2.24) is 5.32 Å². The highest BCUT2D eigenvalue weighted by molar-refractivity contribution is 5.85. The maximum absolute atomic E-state index is 11.7. The molecular weight excluding hydrogens is 176 g/mol. The van der Waals surface area contributed by atoms with Crippen LogP contribution in [0.4, 0.5) is 0 Å². The second kappa shape index (κ2) is 4.67. The third-order valence-corrected chi connectivity index (χ3v) is 2.66. The molecule has 0 aromatic heterocycles. The van der Waals surface area contributed by atoms with Gasteiger partial charge in [-0.25, -0.2) is 0 Å². The van der Waals surface area contributed by atoms with E-state index in [4.69, 9.17) is 11.7 Å². The number of carbonyl (C=O) groups is 1. The predicted octanol–water partition coefficient (Wildman–Crippen LogP) is 1.21. The first-order valence-electron chi connectivity index (χ1n) is 4.88. The summed E-state index contributed by atoms with van der Waals surface area (Å²) in [6.07, 6.45) is 8.90. The summed E-state index contributed by atoms with van der Waals surface area (Å²) in [6.45, 7) is 0.471. The van der Waals surface area contributed by atoms with Gasteiger partial charge in [0.2, 0.25) is 5.91 Å². The molecule has 3 nitrogen and oxygen atoms in total. The third kappa shape index (κ3) is 2.06. The van der Waals surface area contributed by atoms with Crippen molar-refractivity contribution in [1.29, 1.82) is 5.26 Å². The van der Waals surface area contributed by atoms with Gasteiger partial charge in [-0.15, -0.1) is 12.3 Å². The molecule has 1 saturated carbocycles. The monoisotopic (exact) mass is 190 g/mol. The Morgan fingerprint density at radius 2 is 2.14 bits per heavy atom. The van der Waals surface area contributed by atoms with Gasteiger partial charge in [-0.2, -0.15) is 5.26 Å². The summed E-state index contributed by atoms with van der Waals surface area (Å²) in [6, 6.07) is 2.14. The Morgan fingerprint density at radius 3 is 2.64 bits per heavy atom. The lowest BCUT2D eigenvalue weighted by Gasteiger charge is -2.18. The SMILES string of the molecule is C#CCCNC(=O)C1(C#N)CCCC1. The van der Waals surface area contributed by atoms with Gasteiger partial charge in [-0.05, 0) is 12.8 Å². The number of amides is 1. The number of nitrogens with one attached hydrogen (secondary N) is 1. The maximum atomic E-state index is 11.7. The smallest absolute Gasteiger partial charge is 0.240 e. The molecule has 0 aliphatic heterocycles. The van der Waals surface area contributed by atoms with Crippen molar-refractivity contribution >= 4 is 5.91 Å². The molecule has 0 aromatic rings. The standard InChI is InChI=1S/C11H14N2O/c1-2-3-8-13-10(14)11(9-12)6-4-5-7-11/h1H,3-8H2,(H,13,14). The van der Waals surface area contributed by atoms with E-state index in [0.29, 0.717) is 25.8 Å². The molecule has 1 fully saturated rings. The summed E-state index contributed by atoms with van der Waals surface area (Å²) in [5.74, 6) is 2.30. The molecule has 0 radical (unpaired) electrons. The van der Waals surface area contributed by atoms with Gasteiger partial charge in [0.25, 0.3) is 0 Å². The summed E-state index contributed by atoms with van der Waals surface area (Å²) < 4.78 is 0. The van der Waals surface area contributed by atoms with Crippen LogP contribution in [0.1, 0.15) is 32.1 Å². The predicted molar refractivity (Wildman–Crippen MR) is 53.0 cm³/mol. The van der Waals surface area contributed by atoms with E-state index < -0.39 is 5.41 Å². The van der Waals surface area contributed by atoms with Gasteiger partial charge in [-0.3, -0.25) is 4.79 Å². The fraction of sp³-hybridized carbons (Fsp3) is 0.636. The average Bonchev–Trinajstić information content (AvgIpc) is 2.67. The summed E-state index contributed by atoms with van der Waals surface area (Å²) in [7, 11) is 0. The quantitative estimate of drug-likeness (QED) is 0.537. The van der Waals surface area contributed by atoms with E-state index in [2.05, 4.69) is 17.3 Å². The normalized spacial score (nSPS) is 18.1. The molecule has 74 valence electrons. The highest BCUT2D eigenvalue weighted by atomic mass is 16.2. The van der Waals surface area contributed by atoms with Gasteiger partial charge in [-0.1, -0.05) is 12.8 Å². The van der Waals surface area contributed by atoms with Crippen LogP contribution in [0.5, 0.6) is 0 Å². The zero-order valence-electron chi connectivity index (χ0n) is 8.18. The van der Waals surface area contributed by atoms with Crippen molar-refractivity contribution in [2.75, 3.05) is 6.54 Å². The fourth-order valence-corrected chi connectivity index (χ4v) is 1.79. The Labute approximate surface area is 84.5 Å². The summed E-state index contributed by atoms with van der Waals surface area (Å²) in [5.41, 5.74) is -0.769. The van der Waals surface area contributed by atoms with E-state index in [9.17, 15) is 4.79 Å². The van der Waals surface area contributed by atoms with E-state index in [1.54, 1.807) is 0 Å². The Hall–Kier alpha value is -1.48. The summed E-state index contributed by atoms with van der Waals surface area (Å²) in [5, 5.41) is 11.7. The number of carbonyl (C=O) groups excluding carboxylic acids is 1. The third-order valence-electron chi connectivity index (χ3n) is 2.66. The Kier molecular flexibility index (Phi) is 3.54. The van der Waals surface area contributed by atoms with Gasteiger partial charge in [0.15, 0.2) is 0 Å². The molecular formula is C11H14N2O. The second-order valence-electron chi connectivity index (χ2n) is 3.61.